The summed E-state index contributed by atoms with van der Waals surface area (Å²) in [4.78, 5) is 9.57. The molecular weight excluding hydrogens is 354 g/mol. The van der Waals surface area contributed by atoms with Crippen LogP contribution >= 0.6 is 11.3 Å². The molecule has 0 saturated heterocycles. The average molecular weight is 369 g/mol. The number of sulfone groups is 1. The summed E-state index contributed by atoms with van der Waals surface area (Å²) in [5.41, 5.74) is 3.65. The van der Waals surface area contributed by atoms with Gasteiger partial charge in [-0.3, -0.25) is 0 Å². The summed E-state index contributed by atoms with van der Waals surface area (Å²) >= 11 is 1.58. The van der Waals surface area contributed by atoms with Crippen LogP contribution in [0, 0.1) is 0 Å². The molecule has 3 aromatic heterocycles. The van der Waals surface area contributed by atoms with E-state index in [0.29, 0.717) is 11.3 Å². The largest absolute Gasteiger partial charge is 0.307 e. The predicted molar refractivity (Wildman–Crippen MR) is 98.7 cm³/mol. The molecule has 4 rings (SSSR count). The number of aromatic nitrogens is 3. The van der Waals surface area contributed by atoms with Gasteiger partial charge in [0.05, 0.1) is 21.3 Å². The molecule has 0 fully saturated rings. The minimum absolute atomic E-state index is 0.316. The van der Waals surface area contributed by atoms with E-state index >= 15 is 0 Å². The number of fused-ring (bicyclic) bond motifs is 1. The van der Waals surface area contributed by atoms with Crippen LogP contribution in [0.15, 0.2) is 65.1 Å². The molecule has 0 unspecified atom stereocenters. The van der Waals surface area contributed by atoms with E-state index in [4.69, 9.17) is 0 Å². The third kappa shape index (κ3) is 3.33. The van der Waals surface area contributed by atoms with Gasteiger partial charge in [0.25, 0.3) is 0 Å². The van der Waals surface area contributed by atoms with E-state index in [0.717, 1.165) is 27.6 Å². The van der Waals surface area contributed by atoms with E-state index in [9.17, 15) is 8.42 Å². The Balaban J connectivity index is 1.57. The summed E-state index contributed by atoms with van der Waals surface area (Å²) in [6.45, 7) is 0. The van der Waals surface area contributed by atoms with Crippen LogP contribution in [0.1, 0.15) is 10.7 Å². The first kappa shape index (κ1) is 16.0. The van der Waals surface area contributed by atoms with E-state index < -0.39 is 9.84 Å². The first-order valence-electron chi connectivity index (χ1n) is 7.66. The zero-order valence-corrected chi connectivity index (χ0v) is 15.1. The van der Waals surface area contributed by atoms with E-state index in [-0.39, 0.29) is 0 Å². The van der Waals surface area contributed by atoms with Crippen LogP contribution < -0.4 is 0 Å². The minimum atomic E-state index is -3.18. The summed E-state index contributed by atoms with van der Waals surface area (Å²) in [7, 11) is -3.18. The Kier molecular flexibility index (Phi) is 3.89. The van der Waals surface area contributed by atoms with Crippen LogP contribution in [0.3, 0.4) is 0 Å². The van der Waals surface area contributed by atoms with E-state index in [1.165, 1.54) is 6.26 Å². The van der Waals surface area contributed by atoms with Crippen molar-refractivity contribution in [1.82, 2.24) is 14.4 Å². The van der Waals surface area contributed by atoms with Crippen LogP contribution in [0.5, 0.6) is 0 Å². The van der Waals surface area contributed by atoms with Gasteiger partial charge in [-0.05, 0) is 24.3 Å². The summed E-state index contributed by atoms with van der Waals surface area (Å²) in [6.07, 6.45) is 5.87. The Morgan fingerprint density at radius 1 is 1.08 bits per heavy atom. The van der Waals surface area contributed by atoms with Gasteiger partial charge in [-0.1, -0.05) is 18.2 Å². The normalized spacial score (nSPS) is 11.9. The highest BCUT2D eigenvalue weighted by molar-refractivity contribution is 7.90. The van der Waals surface area contributed by atoms with E-state index in [1.54, 1.807) is 35.6 Å². The van der Waals surface area contributed by atoms with Crippen molar-refractivity contribution in [3.05, 3.63) is 70.9 Å². The molecule has 1 aromatic carbocycles. The fraction of sp³-hybridized carbons (Fsp3) is 0.111. The van der Waals surface area contributed by atoms with Crippen LogP contribution in [0.2, 0.25) is 0 Å². The zero-order chi connectivity index (χ0) is 17.4. The fourth-order valence-corrected chi connectivity index (χ4v) is 4.07. The van der Waals surface area contributed by atoms with Gasteiger partial charge < -0.3 is 4.40 Å². The molecule has 7 heteroatoms. The lowest BCUT2D eigenvalue weighted by atomic mass is 10.2. The van der Waals surface area contributed by atoms with Gasteiger partial charge in [0.1, 0.15) is 5.65 Å². The molecule has 4 aromatic rings. The molecule has 0 saturated carbocycles. The number of imidazole rings is 1. The molecule has 0 aliphatic rings. The second kappa shape index (κ2) is 6.09. The lowest BCUT2D eigenvalue weighted by molar-refractivity contribution is 0.602. The van der Waals surface area contributed by atoms with Crippen molar-refractivity contribution in [2.75, 3.05) is 6.26 Å². The molecule has 5 nitrogen and oxygen atoms in total. The monoisotopic (exact) mass is 369 g/mol. The average Bonchev–Trinajstić information content (AvgIpc) is 3.20. The smallest absolute Gasteiger partial charge is 0.175 e. The second-order valence-electron chi connectivity index (χ2n) is 5.80. The van der Waals surface area contributed by atoms with E-state index in [2.05, 4.69) is 9.97 Å². The Hall–Kier alpha value is -2.51. The molecule has 0 aliphatic carbocycles. The predicted octanol–water partition coefficient (Wildman–Crippen LogP) is 3.45. The molecule has 0 bridgehead atoms. The van der Waals surface area contributed by atoms with Crippen molar-refractivity contribution in [3.63, 3.8) is 0 Å². The number of nitrogens with zero attached hydrogens (tertiary/aromatic N) is 3. The highest BCUT2D eigenvalue weighted by Crippen LogP contribution is 2.24. The molecule has 0 spiro atoms. The fourth-order valence-electron chi connectivity index (χ4n) is 2.62. The van der Waals surface area contributed by atoms with Gasteiger partial charge in [-0.15, -0.1) is 11.3 Å². The highest BCUT2D eigenvalue weighted by atomic mass is 32.2. The van der Waals surface area contributed by atoms with E-state index in [1.807, 2.05) is 40.4 Å². The van der Waals surface area contributed by atoms with Gasteiger partial charge in [-0.2, -0.15) is 0 Å². The molecule has 25 heavy (non-hydrogen) atoms. The summed E-state index contributed by atoms with van der Waals surface area (Å²) in [5.74, 6) is 0. The molecular formula is C18H15N3O2S2. The topological polar surface area (TPSA) is 64.3 Å². The molecule has 0 radical (unpaired) electrons. The van der Waals surface area contributed by atoms with Crippen LogP contribution in [0.4, 0.5) is 0 Å². The van der Waals surface area contributed by atoms with Crippen molar-refractivity contribution < 1.29 is 8.42 Å². The standard InChI is InChI=1S/C18H15N3O2S2/c1-25(22,23)15-7-5-13(6-8-15)16-12-24-18(20-16)10-14-11-21-9-3-2-4-17(21)19-14/h2-9,11-12H,10H2,1H3. The second-order valence-corrected chi connectivity index (χ2v) is 8.76. The maximum absolute atomic E-state index is 11.5. The number of hydrogen-bond donors (Lipinski definition) is 0. The third-order valence-corrected chi connectivity index (χ3v) is 5.85. The number of benzene rings is 1. The molecule has 0 N–H and O–H groups in total. The van der Waals surface area contributed by atoms with Crippen LogP contribution in [0.25, 0.3) is 16.9 Å². The van der Waals surface area contributed by atoms with Crippen molar-refractivity contribution >= 4 is 26.8 Å². The van der Waals surface area contributed by atoms with Crippen LogP contribution in [-0.4, -0.2) is 29.0 Å². The Labute approximate surface area is 149 Å². The Bertz CT molecular complexity index is 1110. The molecule has 0 amide bonds. The number of thiazole rings is 1. The maximum Gasteiger partial charge on any atom is 0.175 e. The molecule has 126 valence electrons. The third-order valence-electron chi connectivity index (χ3n) is 3.88. The van der Waals surface area contributed by atoms with Gasteiger partial charge >= 0.3 is 0 Å². The number of hydrogen-bond acceptors (Lipinski definition) is 5. The van der Waals surface area contributed by atoms with Gasteiger partial charge in [0, 0.05) is 36.0 Å². The lowest BCUT2D eigenvalue weighted by Gasteiger charge is -2.00. The van der Waals surface area contributed by atoms with Crippen molar-refractivity contribution in [1.29, 1.82) is 0 Å². The quantitative estimate of drug-likeness (QED) is 0.553. The maximum atomic E-state index is 11.5. The molecule has 0 atom stereocenters. The van der Waals surface area contributed by atoms with Crippen molar-refractivity contribution in [2.45, 2.75) is 11.3 Å². The summed E-state index contributed by atoms with van der Waals surface area (Å²) in [6, 6.07) is 12.7. The van der Waals surface area contributed by atoms with Crippen LogP contribution in [-0.2, 0) is 16.3 Å². The van der Waals surface area contributed by atoms with Gasteiger partial charge in [-0.25, -0.2) is 18.4 Å². The highest BCUT2D eigenvalue weighted by Gasteiger charge is 2.10. The first-order valence-corrected chi connectivity index (χ1v) is 10.4. The van der Waals surface area contributed by atoms with Gasteiger partial charge in [0.2, 0.25) is 0 Å². The summed E-state index contributed by atoms with van der Waals surface area (Å²) in [5, 5.41) is 2.96. The molecule has 0 aliphatic heterocycles. The number of pyridine rings is 1. The SMILES string of the molecule is CS(=O)(=O)c1ccc(-c2csc(Cc3cn4ccccc4n3)n2)cc1. The van der Waals surface area contributed by atoms with Crippen molar-refractivity contribution in [3.8, 4) is 11.3 Å². The first-order chi connectivity index (χ1) is 12.0. The van der Waals surface area contributed by atoms with Crippen molar-refractivity contribution in [2.24, 2.45) is 0 Å². The summed E-state index contributed by atoms with van der Waals surface area (Å²) < 4.78 is 25.1. The Morgan fingerprint density at radius 3 is 2.60 bits per heavy atom. The lowest BCUT2D eigenvalue weighted by Crippen LogP contribution is -1.96. The Morgan fingerprint density at radius 2 is 1.88 bits per heavy atom. The molecule has 3 heterocycles. The zero-order valence-electron chi connectivity index (χ0n) is 13.5. The number of rotatable bonds is 4. The minimum Gasteiger partial charge on any atom is -0.307 e. The van der Waals surface area contributed by atoms with Gasteiger partial charge in [0.15, 0.2) is 9.84 Å².